The van der Waals surface area contributed by atoms with E-state index in [0.29, 0.717) is 21.1 Å². The third kappa shape index (κ3) is 4.55. The molecule has 1 heterocycles. The van der Waals surface area contributed by atoms with Crippen molar-refractivity contribution in [3.05, 3.63) is 98.8 Å². The summed E-state index contributed by atoms with van der Waals surface area (Å²) < 4.78 is 34.0. The SMILES string of the molecule is Cc1ccc(S(=O)(=O)Nc2ccccc2C(=O)N(C)c2ccc3oc(=O)ccc3c2Br)cc1. The van der Waals surface area contributed by atoms with Gasteiger partial charge in [-0.05, 0) is 65.3 Å². The van der Waals surface area contributed by atoms with Crippen LogP contribution in [-0.4, -0.2) is 21.4 Å². The number of nitrogens with one attached hydrogen (secondary N) is 1. The van der Waals surface area contributed by atoms with Gasteiger partial charge in [-0.2, -0.15) is 0 Å². The lowest BCUT2D eigenvalue weighted by atomic mass is 10.1. The summed E-state index contributed by atoms with van der Waals surface area (Å²) in [7, 11) is -2.31. The molecule has 0 radical (unpaired) electrons. The number of amides is 1. The minimum absolute atomic E-state index is 0.0995. The van der Waals surface area contributed by atoms with Crippen LogP contribution in [0.1, 0.15) is 15.9 Å². The molecular weight excluding hydrogens is 508 g/mol. The molecule has 0 aliphatic carbocycles. The van der Waals surface area contributed by atoms with Crippen molar-refractivity contribution in [2.45, 2.75) is 11.8 Å². The number of nitrogens with zero attached hydrogens (tertiary/aromatic N) is 1. The van der Waals surface area contributed by atoms with Gasteiger partial charge in [0.15, 0.2) is 0 Å². The van der Waals surface area contributed by atoms with E-state index in [1.54, 1.807) is 55.6 Å². The van der Waals surface area contributed by atoms with Crippen molar-refractivity contribution in [1.82, 2.24) is 0 Å². The molecule has 168 valence electrons. The number of para-hydroxylation sites is 1. The summed E-state index contributed by atoms with van der Waals surface area (Å²) in [6.45, 7) is 1.87. The molecule has 3 aromatic carbocycles. The maximum absolute atomic E-state index is 13.4. The van der Waals surface area contributed by atoms with Crippen molar-refractivity contribution >= 4 is 54.2 Å². The first kappa shape index (κ1) is 22.8. The summed E-state index contributed by atoms with van der Waals surface area (Å²) in [5.41, 5.74) is 1.72. The van der Waals surface area contributed by atoms with Crippen LogP contribution in [0.4, 0.5) is 11.4 Å². The number of rotatable bonds is 5. The number of carbonyl (C=O) groups is 1. The Balaban J connectivity index is 1.69. The van der Waals surface area contributed by atoms with E-state index in [1.807, 2.05) is 6.92 Å². The Morgan fingerprint density at radius 2 is 1.67 bits per heavy atom. The van der Waals surface area contributed by atoms with Crippen molar-refractivity contribution in [2.75, 3.05) is 16.7 Å². The number of anilines is 2. The molecule has 0 fully saturated rings. The van der Waals surface area contributed by atoms with Crippen LogP contribution in [0.5, 0.6) is 0 Å². The largest absolute Gasteiger partial charge is 0.423 e. The van der Waals surface area contributed by atoms with E-state index >= 15 is 0 Å². The van der Waals surface area contributed by atoms with Crippen molar-refractivity contribution < 1.29 is 17.6 Å². The third-order valence-electron chi connectivity index (χ3n) is 5.12. The average Bonchev–Trinajstić information content (AvgIpc) is 2.79. The molecule has 1 N–H and O–H groups in total. The van der Waals surface area contributed by atoms with E-state index < -0.39 is 21.6 Å². The molecule has 1 aromatic heterocycles. The first-order chi connectivity index (χ1) is 15.7. The molecule has 4 rings (SSSR count). The topological polar surface area (TPSA) is 96.7 Å². The Morgan fingerprint density at radius 3 is 2.39 bits per heavy atom. The fourth-order valence-corrected chi connectivity index (χ4v) is 5.14. The summed E-state index contributed by atoms with van der Waals surface area (Å²) in [6, 6.07) is 19.0. The number of carbonyl (C=O) groups excluding carboxylic acids is 1. The Hall–Kier alpha value is -3.43. The van der Waals surface area contributed by atoms with Crippen molar-refractivity contribution in [1.29, 1.82) is 0 Å². The van der Waals surface area contributed by atoms with Crippen LogP contribution in [0.3, 0.4) is 0 Å². The number of hydrogen-bond acceptors (Lipinski definition) is 5. The molecule has 7 nitrogen and oxygen atoms in total. The maximum Gasteiger partial charge on any atom is 0.336 e. The second-order valence-electron chi connectivity index (χ2n) is 7.39. The molecule has 9 heteroatoms. The zero-order chi connectivity index (χ0) is 23.8. The highest BCUT2D eigenvalue weighted by Gasteiger charge is 2.23. The van der Waals surface area contributed by atoms with Crippen molar-refractivity contribution in [2.24, 2.45) is 0 Å². The van der Waals surface area contributed by atoms with Gasteiger partial charge in [0.05, 0.1) is 26.3 Å². The first-order valence-corrected chi connectivity index (χ1v) is 12.1. The predicted octanol–water partition coefficient (Wildman–Crippen LogP) is 4.94. The third-order valence-corrected chi connectivity index (χ3v) is 7.33. The Kier molecular flexibility index (Phi) is 6.09. The molecule has 33 heavy (non-hydrogen) atoms. The average molecular weight is 527 g/mol. The summed E-state index contributed by atoms with van der Waals surface area (Å²) in [4.78, 5) is 26.3. The fourth-order valence-electron chi connectivity index (χ4n) is 3.33. The number of halogens is 1. The monoisotopic (exact) mass is 526 g/mol. The molecule has 0 unspecified atom stereocenters. The van der Waals surface area contributed by atoms with Gasteiger partial charge in [-0.1, -0.05) is 29.8 Å². The summed E-state index contributed by atoms with van der Waals surface area (Å²) in [5.74, 6) is -0.422. The van der Waals surface area contributed by atoms with E-state index in [0.717, 1.165) is 5.56 Å². The second-order valence-corrected chi connectivity index (χ2v) is 9.87. The second kappa shape index (κ2) is 8.84. The summed E-state index contributed by atoms with van der Waals surface area (Å²) in [6.07, 6.45) is 0. The van der Waals surface area contributed by atoms with Crippen molar-refractivity contribution in [3.63, 3.8) is 0 Å². The van der Waals surface area contributed by atoms with Gasteiger partial charge in [-0.3, -0.25) is 9.52 Å². The van der Waals surface area contributed by atoms with E-state index in [-0.39, 0.29) is 16.1 Å². The number of sulfonamides is 1. The minimum atomic E-state index is -3.89. The van der Waals surface area contributed by atoms with Gasteiger partial charge in [0.1, 0.15) is 5.58 Å². The number of hydrogen-bond donors (Lipinski definition) is 1. The van der Waals surface area contributed by atoms with Crippen LogP contribution in [-0.2, 0) is 10.0 Å². The van der Waals surface area contributed by atoms with Gasteiger partial charge < -0.3 is 9.32 Å². The van der Waals surface area contributed by atoms with Gasteiger partial charge in [0.25, 0.3) is 15.9 Å². The van der Waals surface area contributed by atoms with Gasteiger partial charge in [0.2, 0.25) is 0 Å². The van der Waals surface area contributed by atoms with Gasteiger partial charge in [-0.25, -0.2) is 13.2 Å². The summed E-state index contributed by atoms with van der Waals surface area (Å²) in [5, 5.41) is 0.625. The lowest BCUT2D eigenvalue weighted by molar-refractivity contribution is 0.0993. The highest BCUT2D eigenvalue weighted by molar-refractivity contribution is 9.10. The molecule has 0 saturated carbocycles. The van der Waals surface area contributed by atoms with Crippen LogP contribution in [0.25, 0.3) is 11.0 Å². The molecule has 0 aliphatic heterocycles. The lowest BCUT2D eigenvalue weighted by Crippen LogP contribution is -2.28. The fraction of sp³-hybridized carbons (Fsp3) is 0.0833. The standard InChI is InChI=1S/C24H19BrN2O5S/c1-15-7-9-16(10-8-15)33(30,31)26-19-6-4-3-5-17(19)24(29)27(2)20-12-13-21-18(23(20)25)11-14-22(28)32-21/h3-14,26H,1-2H3. The van der Waals surface area contributed by atoms with Crippen LogP contribution >= 0.6 is 15.9 Å². The van der Waals surface area contributed by atoms with E-state index in [4.69, 9.17) is 4.42 Å². The number of aryl methyl sites for hydroxylation is 1. The van der Waals surface area contributed by atoms with Crippen LogP contribution in [0, 0.1) is 6.92 Å². The number of fused-ring (bicyclic) bond motifs is 1. The zero-order valence-corrected chi connectivity index (χ0v) is 20.1. The molecular formula is C24H19BrN2O5S. The maximum atomic E-state index is 13.4. The Labute approximate surface area is 198 Å². The predicted molar refractivity (Wildman–Crippen MR) is 131 cm³/mol. The first-order valence-electron chi connectivity index (χ1n) is 9.86. The normalized spacial score (nSPS) is 11.4. The van der Waals surface area contributed by atoms with Crippen LogP contribution in [0.2, 0.25) is 0 Å². The highest BCUT2D eigenvalue weighted by atomic mass is 79.9. The zero-order valence-electron chi connectivity index (χ0n) is 17.7. The highest BCUT2D eigenvalue weighted by Crippen LogP contribution is 2.34. The van der Waals surface area contributed by atoms with Crippen LogP contribution < -0.4 is 15.2 Å². The smallest absolute Gasteiger partial charge is 0.336 e. The quantitative estimate of drug-likeness (QED) is 0.371. The molecule has 0 spiro atoms. The van der Waals surface area contributed by atoms with Gasteiger partial charge in [-0.15, -0.1) is 0 Å². The molecule has 0 aliphatic rings. The molecule has 1 amide bonds. The molecule has 0 atom stereocenters. The molecule has 4 aromatic rings. The van der Waals surface area contributed by atoms with Gasteiger partial charge in [0, 0.05) is 18.5 Å². The minimum Gasteiger partial charge on any atom is -0.423 e. The van der Waals surface area contributed by atoms with E-state index in [9.17, 15) is 18.0 Å². The van der Waals surface area contributed by atoms with Crippen LogP contribution in [0.15, 0.2) is 91.4 Å². The molecule has 0 saturated heterocycles. The van der Waals surface area contributed by atoms with Crippen molar-refractivity contribution in [3.8, 4) is 0 Å². The van der Waals surface area contributed by atoms with E-state index in [2.05, 4.69) is 20.7 Å². The Morgan fingerprint density at radius 1 is 0.970 bits per heavy atom. The lowest BCUT2D eigenvalue weighted by Gasteiger charge is -2.21. The Bertz CT molecular complexity index is 1530. The van der Waals surface area contributed by atoms with Gasteiger partial charge >= 0.3 is 5.63 Å². The number of benzene rings is 3. The molecule has 0 bridgehead atoms. The summed E-state index contributed by atoms with van der Waals surface area (Å²) >= 11 is 3.48. The van der Waals surface area contributed by atoms with E-state index in [1.165, 1.54) is 29.2 Å².